The van der Waals surface area contributed by atoms with Crippen LogP contribution < -0.4 is 0 Å². The molecule has 0 radical (unpaired) electrons. The third-order valence-electron chi connectivity index (χ3n) is 4.80. The summed E-state index contributed by atoms with van der Waals surface area (Å²) in [6.45, 7) is 7.71. The van der Waals surface area contributed by atoms with Crippen LogP contribution in [0.15, 0.2) is 18.3 Å². The Morgan fingerprint density at radius 2 is 1.95 bits per heavy atom. The number of piperidine rings is 1. The average molecular weight is 286 g/mol. The Morgan fingerprint density at radius 3 is 2.62 bits per heavy atom. The molecule has 1 N–H and O–H groups in total. The molecule has 1 aromatic carbocycles. The van der Waals surface area contributed by atoms with Gasteiger partial charge >= 0.3 is 0 Å². The number of aryl methyl sites for hydroxylation is 2. The molecule has 0 atom stereocenters. The lowest BCUT2D eigenvalue weighted by atomic mass is 9.89. The maximum Gasteiger partial charge on any atom is 0.116 e. The number of likely N-dealkylation sites (tertiary alicyclic amines) is 1. The van der Waals surface area contributed by atoms with Crippen molar-refractivity contribution in [3.8, 4) is 5.75 Å². The van der Waals surface area contributed by atoms with E-state index in [2.05, 4.69) is 36.6 Å². The minimum absolute atomic E-state index is 0.392. The molecule has 1 aliphatic rings. The van der Waals surface area contributed by atoms with Gasteiger partial charge in [0, 0.05) is 18.1 Å². The second-order valence-corrected chi connectivity index (χ2v) is 6.51. The Kier molecular flexibility index (Phi) is 3.94. The zero-order valence-electron chi connectivity index (χ0n) is 13.4. The highest BCUT2D eigenvalue weighted by atomic mass is 16.3. The molecule has 0 saturated carbocycles. The van der Waals surface area contributed by atoms with E-state index in [1.165, 1.54) is 48.0 Å². The van der Waals surface area contributed by atoms with Gasteiger partial charge in [-0.1, -0.05) is 6.92 Å². The molecule has 2 heterocycles. The smallest absolute Gasteiger partial charge is 0.116 e. The van der Waals surface area contributed by atoms with E-state index in [1.807, 2.05) is 12.1 Å². The van der Waals surface area contributed by atoms with Gasteiger partial charge in [-0.2, -0.15) is 0 Å². The Morgan fingerprint density at radius 1 is 1.24 bits per heavy atom. The van der Waals surface area contributed by atoms with Crippen molar-refractivity contribution in [1.29, 1.82) is 0 Å². The molecule has 3 rings (SSSR count). The predicted octanol–water partition coefficient (Wildman–Crippen LogP) is 3.87. The van der Waals surface area contributed by atoms with Crippen LogP contribution in [0.25, 0.3) is 10.9 Å². The standard InChI is InChI=1S/C18H26N2O/c1-4-7-20-12-17(14-5-8-19(3)9-6-14)16-11-15(21)10-13(2)18(16)20/h10-12,14,21H,4-9H2,1-3H3. The number of phenolic OH excluding ortho intramolecular Hbond substituents is 1. The number of fused-ring (bicyclic) bond motifs is 1. The number of aromatic nitrogens is 1. The third kappa shape index (κ3) is 2.67. The van der Waals surface area contributed by atoms with Gasteiger partial charge in [0.2, 0.25) is 0 Å². The molecule has 0 amide bonds. The topological polar surface area (TPSA) is 28.4 Å². The first-order valence-electron chi connectivity index (χ1n) is 8.11. The zero-order chi connectivity index (χ0) is 15.0. The van der Waals surface area contributed by atoms with Crippen molar-refractivity contribution in [1.82, 2.24) is 9.47 Å². The molecule has 3 heteroatoms. The summed E-state index contributed by atoms with van der Waals surface area (Å²) in [7, 11) is 2.20. The van der Waals surface area contributed by atoms with Gasteiger partial charge in [0.15, 0.2) is 0 Å². The largest absolute Gasteiger partial charge is 0.508 e. The Balaban J connectivity index is 2.09. The molecule has 1 aromatic heterocycles. The van der Waals surface area contributed by atoms with Crippen LogP contribution in [0, 0.1) is 6.92 Å². The Hall–Kier alpha value is -1.48. The number of rotatable bonds is 3. The summed E-state index contributed by atoms with van der Waals surface area (Å²) in [5, 5.41) is 11.3. The number of aromatic hydroxyl groups is 1. The van der Waals surface area contributed by atoms with Crippen molar-refractivity contribution in [3.63, 3.8) is 0 Å². The first kappa shape index (κ1) is 14.5. The molecule has 0 bridgehead atoms. The fraction of sp³-hybridized carbons (Fsp3) is 0.556. The van der Waals surface area contributed by atoms with E-state index in [0.29, 0.717) is 11.7 Å². The number of nitrogens with zero attached hydrogens (tertiary/aromatic N) is 2. The van der Waals surface area contributed by atoms with E-state index in [1.54, 1.807) is 0 Å². The normalized spacial score (nSPS) is 17.7. The van der Waals surface area contributed by atoms with Crippen LogP contribution in [-0.2, 0) is 6.54 Å². The second kappa shape index (κ2) is 5.72. The first-order valence-corrected chi connectivity index (χ1v) is 8.11. The predicted molar refractivity (Wildman–Crippen MR) is 88.1 cm³/mol. The van der Waals surface area contributed by atoms with Gasteiger partial charge in [-0.25, -0.2) is 0 Å². The molecule has 3 nitrogen and oxygen atoms in total. The molecule has 1 saturated heterocycles. The molecule has 0 spiro atoms. The van der Waals surface area contributed by atoms with E-state index in [-0.39, 0.29) is 0 Å². The van der Waals surface area contributed by atoms with Crippen molar-refractivity contribution in [3.05, 3.63) is 29.5 Å². The van der Waals surface area contributed by atoms with Crippen LogP contribution in [0.2, 0.25) is 0 Å². The average Bonchev–Trinajstić information content (AvgIpc) is 2.79. The minimum Gasteiger partial charge on any atom is -0.508 e. The first-order chi connectivity index (χ1) is 10.1. The fourth-order valence-electron chi connectivity index (χ4n) is 3.73. The monoisotopic (exact) mass is 286 g/mol. The number of hydrogen-bond acceptors (Lipinski definition) is 2. The molecule has 1 fully saturated rings. The van der Waals surface area contributed by atoms with E-state index in [9.17, 15) is 5.11 Å². The van der Waals surface area contributed by atoms with Gasteiger partial charge in [-0.3, -0.25) is 0 Å². The quantitative estimate of drug-likeness (QED) is 0.927. The lowest BCUT2D eigenvalue weighted by Gasteiger charge is -2.28. The van der Waals surface area contributed by atoms with Crippen molar-refractivity contribution in [2.24, 2.45) is 0 Å². The van der Waals surface area contributed by atoms with Crippen LogP contribution in [0.5, 0.6) is 5.75 Å². The summed E-state index contributed by atoms with van der Waals surface area (Å²) in [5.41, 5.74) is 3.92. The molecular formula is C18H26N2O. The zero-order valence-corrected chi connectivity index (χ0v) is 13.4. The van der Waals surface area contributed by atoms with Gasteiger partial charge in [-0.15, -0.1) is 0 Å². The lowest BCUT2D eigenvalue weighted by Crippen LogP contribution is -2.29. The highest BCUT2D eigenvalue weighted by Crippen LogP contribution is 2.37. The van der Waals surface area contributed by atoms with Crippen LogP contribution in [0.1, 0.15) is 43.2 Å². The van der Waals surface area contributed by atoms with E-state index < -0.39 is 0 Å². The maximum atomic E-state index is 10.00. The van der Waals surface area contributed by atoms with Gasteiger partial charge in [0.25, 0.3) is 0 Å². The van der Waals surface area contributed by atoms with Gasteiger partial charge in [0.05, 0.1) is 5.52 Å². The van der Waals surface area contributed by atoms with Crippen molar-refractivity contribution < 1.29 is 5.11 Å². The number of benzene rings is 1. The second-order valence-electron chi connectivity index (χ2n) is 6.51. The third-order valence-corrected chi connectivity index (χ3v) is 4.80. The highest BCUT2D eigenvalue weighted by molar-refractivity contribution is 5.88. The summed E-state index contributed by atoms with van der Waals surface area (Å²) in [4.78, 5) is 2.41. The number of hydrogen-bond donors (Lipinski definition) is 1. The minimum atomic E-state index is 0.392. The van der Waals surface area contributed by atoms with Gasteiger partial charge in [0.1, 0.15) is 5.75 Å². The molecular weight excluding hydrogens is 260 g/mol. The Bertz CT molecular complexity index is 636. The molecule has 21 heavy (non-hydrogen) atoms. The lowest BCUT2D eigenvalue weighted by molar-refractivity contribution is 0.256. The van der Waals surface area contributed by atoms with Gasteiger partial charge < -0.3 is 14.6 Å². The SMILES string of the molecule is CCCn1cc(C2CCN(C)CC2)c2cc(O)cc(C)c21. The number of phenols is 1. The summed E-state index contributed by atoms with van der Waals surface area (Å²) in [6, 6.07) is 3.84. The van der Waals surface area contributed by atoms with Crippen molar-refractivity contribution in [2.75, 3.05) is 20.1 Å². The molecule has 1 aliphatic heterocycles. The van der Waals surface area contributed by atoms with Crippen LogP contribution in [0.3, 0.4) is 0 Å². The van der Waals surface area contributed by atoms with Crippen LogP contribution in [-0.4, -0.2) is 34.7 Å². The molecule has 2 aromatic rings. The molecule has 114 valence electrons. The molecule has 0 aliphatic carbocycles. The summed E-state index contributed by atoms with van der Waals surface area (Å²) >= 11 is 0. The highest BCUT2D eigenvalue weighted by Gasteiger charge is 2.23. The maximum absolute atomic E-state index is 10.00. The van der Waals surface area contributed by atoms with Gasteiger partial charge in [-0.05, 0) is 75.5 Å². The van der Waals surface area contributed by atoms with Crippen molar-refractivity contribution in [2.45, 2.75) is 45.6 Å². The summed E-state index contributed by atoms with van der Waals surface area (Å²) in [5.74, 6) is 1.02. The van der Waals surface area contributed by atoms with Crippen molar-refractivity contribution >= 4 is 10.9 Å². The molecule has 0 unspecified atom stereocenters. The Labute approximate surface area is 127 Å². The van der Waals surface area contributed by atoms with E-state index >= 15 is 0 Å². The van der Waals surface area contributed by atoms with Crippen LogP contribution in [0.4, 0.5) is 0 Å². The summed E-state index contributed by atoms with van der Waals surface area (Å²) in [6.07, 6.45) is 5.92. The van der Waals surface area contributed by atoms with E-state index in [4.69, 9.17) is 0 Å². The fourth-order valence-corrected chi connectivity index (χ4v) is 3.73. The van der Waals surface area contributed by atoms with Crippen LogP contribution >= 0.6 is 0 Å². The van der Waals surface area contributed by atoms with E-state index in [0.717, 1.165) is 13.0 Å². The summed E-state index contributed by atoms with van der Waals surface area (Å²) < 4.78 is 2.39.